The Kier molecular flexibility index (Phi) is 5.41. The van der Waals surface area contributed by atoms with Crippen LogP contribution in [0.5, 0.6) is 0 Å². The summed E-state index contributed by atoms with van der Waals surface area (Å²) in [5.74, 6) is 0.0734. The molecule has 1 rings (SSSR count). The van der Waals surface area contributed by atoms with Crippen LogP contribution in [0.1, 0.15) is 26.2 Å². The van der Waals surface area contributed by atoms with Gasteiger partial charge in [0.25, 0.3) is 0 Å². The predicted octanol–water partition coefficient (Wildman–Crippen LogP) is -0.0441. The second kappa shape index (κ2) is 6.59. The van der Waals surface area contributed by atoms with Crippen LogP contribution in [-0.2, 0) is 9.59 Å². The van der Waals surface area contributed by atoms with Gasteiger partial charge in [0.1, 0.15) is 0 Å². The molecule has 0 spiro atoms. The molecule has 0 aromatic heterocycles. The molecule has 0 bridgehead atoms. The topological polar surface area (TPSA) is 75.4 Å². The van der Waals surface area contributed by atoms with Crippen LogP contribution in [0, 0.1) is 11.8 Å². The van der Waals surface area contributed by atoms with Gasteiger partial charge in [-0.1, -0.05) is 6.92 Å². The maximum atomic E-state index is 12.1. The molecule has 5 heteroatoms. The van der Waals surface area contributed by atoms with Gasteiger partial charge in [0, 0.05) is 26.1 Å². The van der Waals surface area contributed by atoms with Crippen molar-refractivity contribution in [2.24, 2.45) is 17.6 Å². The van der Waals surface area contributed by atoms with Crippen molar-refractivity contribution in [3.8, 4) is 0 Å². The lowest BCUT2D eigenvalue weighted by Crippen LogP contribution is -2.46. The Morgan fingerprint density at radius 3 is 2.82 bits per heavy atom. The molecule has 1 aliphatic heterocycles. The first-order valence-corrected chi connectivity index (χ1v) is 6.30. The third-order valence-corrected chi connectivity index (χ3v) is 3.37. The van der Waals surface area contributed by atoms with E-state index >= 15 is 0 Å². The summed E-state index contributed by atoms with van der Waals surface area (Å²) < 4.78 is 0. The number of hydrogen-bond acceptors (Lipinski definition) is 3. The molecule has 1 aliphatic rings. The standard InChI is InChI=1S/C12H23N3O2/c1-9(5-6-13)12(17)15-7-3-4-10(8-15)11(16)14-2/h9-10H,3-8,13H2,1-2H3,(H,14,16). The number of amides is 2. The maximum Gasteiger partial charge on any atom is 0.225 e. The molecule has 0 aromatic carbocycles. The molecule has 1 saturated heterocycles. The van der Waals surface area contributed by atoms with Gasteiger partial charge in [-0.15, -0.1) is 0 Å². The third kappa shape index (κ3) is 3.70. The Morgan fingerprint density at radius 2 is 2.24 bits per heavy atom. The van der Waals surface area contributed by atoms with Crippen molar-refractivity contribution >= 4 is 11.8 Å². The largest absolute Gasteiger partial charge is 0.359 e. The number of nitrogens with zero attached hydrogens (tertiary/aromatic N) is 1. The van der Waals surface area contributed by atoms with Crippen molar-refractivity contribution in [3.63, 3.8) is 0 Å². The number of nitrogens with two attached hydrogens (primary N) is 1. The van der Waals surface area contributed by atoms with Crippen molar-refractivity contribution < 1.29 is 9.59 Å². The molecule has 0 aliphatic carbocycles. The average Bonchev–Trinajstić information content (AvgIpc) is 2.37. The summed E-state index contributed by atoms with van der Waals surface area (Å²) >= 11 is 0. The van der Waals surface area contributed by atoms with Crippen LogP contribution >= 0.6 is 0 Å². The maximum absolute atomic E-state index is 12.1. The summed E-state index contributed by atoms with van der Waals surface area (Å²) in [5.41, 5.74) is 5.46. The normalized spacial score (nSPS) is 22.1. The quantitative estimate of drug-likeness (QED) is 0.725. The lowest BCUT2D eigenvalue weighted by molar-refractivity contribution is -0.138. The fourth-order valence-corrected chi connectivity index (χ4v) is 2.28. The number of nitrogens with one attached hydrogen (secondary N) is 1. The highest BCUT2D eigenvalue weighted by atomic mass is 16.2. The number of piperidine rings is 1. The number of likely N-dealkylation sites (tertiary alicyclic amines) is 1. The van der Waals surface area contributed by atoms with Crippen molar-refractivity contribution in [1.82, 2.24) is 10.2 Å². The highest BCUT2D eigenvalue weighted by molar-refractivity contribution is 5.82. The SMILES string of the molecule is CNC(=O)C1CCCN(C(=O)C(C)CCN)C1. The third-order valence-electron chi connectivity index (χ3n) is 3.37. The van der Waals surface area contributed by atoms with E-state index in [4.69, 9.17) is 5.73 Å². The highest BCUT2D eigenvalue weighted by Gasteiger charge is 2.29. The number of carbonyl (C=O) groups is 2. The Bertz CT molecular complexity index is 281. The van der Waals surface area contributed by atoms with E-state index in [-0.39, 0.29) is 23.7 Å². The highest BCUT2D eigenvalue weighted by Crippen LogP contribution is 2.19. The fraction of sp³-hybridized carbons (Fsp3) is 0.833. The van der Waals surface area contributed by atoms with Gasteiger partial charge < -0.3 is 16.0 Å². The minimum absolute atomic E-state index is 0.0361. The van der Waals surface area contributed by atoms with Crippen LogP contribution in [-0.4, -0.2) is 43.4 Å². The van der Waals surface area contributed by atoms with Gasteiger partial charge in [0.05, 0.1) is 5.92 Å². The smallest absolute Gasteiger partial charge is 0.225 e. The zero-order valence-electron chi connectivity index (χ0n) is 10.7. The monoisotopic (exact) mass is 241 g/mol. The zero-order valence-corrected chi connectivity index (χ0v) is 10.7. The average molecular weight is 241 g/mol. The molecule has 2 atom stereocenters. The molecular weight excluding hydrogens is 218 g/mol. The predicted molar refractivity (Wildman–Crippen MR) is 66.2 cm³/mol. The molecule has 0 aromatic rings. The summed E-state index contributed by atoms with van der Waals surface area (Å²) in [5, 5.41) is 2.65. The van der Waals surface area contributed by atoms with Crippen LogP contribution in [0.2, 0.25) is 0 Å². The van der Waals surface area contributed by atoms with E-state index in [1.807, 2.05) is 11.8 Å². The summed E-state index contributed by atoms with van der Waals surface area (Å²) in [6.07, 6.45) is 2.48. The van der Waals surface area contributed by atoms with Crippen LogP contribution in [0.25, 0.3) is 0 Å². The number of carbonyl (C=O) groups excluding carboxylic acids is 2. The van der Waals surface area contributed by atoms with E-state index in [9.17, 15) is 9.59 Å². The molecule has 1 fully saturated rings. The van der Waals surface area contributed by atoms with Crippen LogP contribution in [0.15, 0.2) is 0 Å². The summed E-state index contributed by atoms with van der Waals surface area (Å²) in [4.78, 5) is 25.5. The van der Waals surface area contributed by atoms with Gasteiger partial charge >= 0.3 is 0 Å². The second-order valence-electron chi connectivity index (χ2n) is 4.72. The van der Waals surface area contributed by atoms with Gasteiger partial charge in [-0.3, -0.25) is 9.59 Å². The molecule has 2 amide bonds. The molecule has 1 heterocycles. The molecule has 98 valence electrons. The zero-order chi connectivity index (χ0) is 12.8. The first-order chi connectivity index (χ1) is 8.10. The van der Waals surface area contributed by atoms with Crippen LogP contribution in [0.4, 0.5) is 0 Å². The van der Waals surface area contributed by atoms with Crippen LogP contribution in [0.3, 0.4) is 0 Å². The minimum Gasteiger partial charge on any atom is -0.359 e. The lowest BCUT2D eigenvalue weighted by atomic mass is 9.95. The van der Waals surface area contributed by atoms with Crippen LogP contribution < -0.4 is 11.1 Å². The lowest BCUT2D eigenvalue weighted by Gasteiger charge is -2.33. The van der Waals surface area contributed by atoms with Gasteiger partial charge in [-0.05, 0) is 25.8 Å². The Balaban J connectivity index is 2.54. The van der Waals surface area contributed by atoms with E-state index in [0.717, 1.165) is 19.4 Å². The van der Waals surface area contributed by atoms with E-state index < -0.39 is 0 Å². The van der Waals surface area contributed by atoms with Crippen molar-refractivity contribution in [3.05, 3.63) is 0 Å². The van der Waals surface area contributed by atoms with E-state index in [0.29, 0.717) is 19.5 Å². The van der Waals surface area contributed by atoms with E-state index in [2.05, 4.69) is 5.32 Å². The van der Waals surface area contributed by atoms with Gasteiger partial charge in [0.2, 0.25) is 11.8 Å². The van der Waals surface area contributed by atoms with Gasteiger partial charge in [0.15, 0.2) is 0 Å². The molecule has 3 N–H and O–H groups in total. The first kappa shape index (κ1) is 14.0. The second-order valence-corrected chi connectivity index (χ2v) is 4.72. The van der Waals surface area contributed by atoms with Gasteiger partial charge in [-0.2, -0.15) is 0 Å². The molecule has 5 nitrogen and oxygen atoms in total. The summed E-state index contributed by atoms with van der Waals surface area (Å²) in [6.45, 7) is 3.74. The van der Waals surface area contributed by atoms with Crippen molar-refractivity contribution in [1.29, 1.82) is 0 Å². The first-order valence-electron chi connectivity index (χ1n) is 6.30. The van der Waals surface area contributed by atoms with E-state index in [1.54, 1.807) is 7.05 Å². The van der Waals surface area contributed by atoms with Gasteiger partial charge in [-0.25, -0.2) is 0 Å². The Hall–Kier alpha value is -1.10. The molecular formula is C12H23N3O2. The molecule has 2 unspecified atom stereocenters. The molecule has 17 heavy (non-hydrogen) atoms. The van der Waals surface area contributed by atoms with Crippen molar-refractivity contribution in [2.75, 3.05) is 26.7 Å². The summed E-state index contributed by atoms with van der Waals surface area (Å²) in [6, 6.07) is 0. The molecule has 0 radical (unpaired) electrons. The Labute approximate surface area is 103 Å². The number of hydrogen-bond donors (Lipinski definition) is 2. The molecule has 0 saturated carbocycles. The minimum atomic E-state index is -0.0530. The van der Waals surface area contributed by atoms with E-state index in [1.165, 1.54) is 0 Å². The van der Waals surface area contributed by atoms with Crippen molar-refractivity contribution in [2.45, 2.75) is 26.2 Å². The number of rotatable bonds is 4. The fourth-order valence-electron chi connectivity index (χ4n) is 2.28. The Morgan fingerprint density at radius 1 is 1.53 bits per heavy atom. The summed E-state index contributed by atoms with van der Waals surface area (Å²) in [7, 11) is 1.64.